The first-order valence-corrected chi connectivity index (χ1v) is 8.51. The average molecular weight is 335 g/mol. The summed E-state index contributed by atoms with van der Waals surface area (Å²) >= 11 is 3.51. The molecule has 0 aliphatic heterocycles. The largest absolute Gasteiger partial charge is 0.310 e. The summed E-state index contributed by atoms with van der Waals surface area (Å²) < 4.78 is 25.3. The SMILES string of the molecule is C[C@@H](NCCCNS(C)(=O)=O)c1ccccc1Br. The van der Waals surface area contributed by atoms with Gasteiger partial charge in [0.25, 0.3) is 0 Å². The first-order valence-electron chi connectivity index (χ1n) is 5.82. The summed E-state index contributed by atoms with van der Waals surface area (Å²) in [5, 5.41) is 3.36. The van der Waals surface area contributed by atoms with Crippen molar-refractivity contribution in [2.24, 2.45) is 0 Å². The Bertz CT molecular complexity index is 477. The Hall–Kier alpha value is -0.430. The fourth-order valence-corrected chi connectivity index (χ4v) is 2.74. The van der Waals surface area contributed by atoms with Gasteiger partial charge in [0.1, 0.15) is 0 Å². The predicted octanol–water partition coefficient (Wildman–Crippen LogP) is 2.04. The van der Waals surface area contributed by atoms with Crippen molar-refractivity contribution in [3.63, 3.8) is 0 Å². The molecule has 0 fully saturated rings. The van der Waals surface area contributed by atoms with E-state index in [0.717, 1.165) is 17.4 Å². The van der Waals surface area contributed by atoms with Crippen LogP contribution in [-0.2, 0) is 10.0 Å². The Kier molecular flexibility index (Phi) is 6.28. The lowest BCUT2D eigenvalue weighted by molar-refractivity contribution is 0.547. The van der Waals surface area contributed by atoms with E-state index >= 15 is 0 Å². The van der Waals surface area contributed by atoms with Gasteiger partial charge in [-0.05, 0) is 31.5 Å². The number of benzene rings is 1. The molecule has 0 amide bonds. The molecule has 0 aliphatic carbocycles. The summed E-state index contributed by atoms with van der Waals surface area (Å²) in [4.78, 5) is 0. The van der Waals surface area contributed by atoms with E-state index < -0.39 is 10.0 Å². The normalized spacial score (nSPS) is 13.5. The van der Waals surface area contributed by atoms with Crippen molar-refractivity contribution in [3.05, 3.63) is 34.3 Å². The van der Waals surface area contributed by atoms with Crippen LogP contribution < -0.4 is 10.0 Å². The first-order chi connectivity index (χ1) is 8.40. The van der Waals surface area contributed by atoms with Gasteiger partial charge < -0.3 is 5.32 Å². The van der Waals surface area contributed by atoms with Gasteiger partial charge in [0.05, 0.1) is 6.26 Å². The van der Waals surface area contributed by atoms with Crippen LogP contribution in [0.15, 0.2) is 28.7 Å². The monoisotopic (exact) mass is 334 g/mol. The molecule has 1 aromatic carbocycles. The van der Waals surface area contributed by atoms with E-state index in [4.69, 9.17) is 0 Å². The smallest absolute Gasteiger partial charge is 0.208 e. The highest BCUT2D eigenvalue weighted by Gasteiger charge is 2.07. The van der Waals surface area contributed by atoms with E-state index in [1.54, 1.807) is 0 Å². The molecular formula is C12H19BrN2O2S. The van der Waals surface area contributed by atoms with E-state index in [2.05, 4.69) is 39.0 Å². The van der Waals surface area contributed by atoms with Gasteiger partial charge in [0.15, 0.2) is 0 Å². The third-order valence-electron chi connectivity index (χ3n) is 2.54. The first kappa shape index (κ1) is 15.6. The Balaban J connectivity index is 2.30. The van der Waals surface area contributed by atoms with Crippen LogP contribution in [0, 0.1) is 0 Å². The van der Waals surface area contributed by atoms with Gasteiger partial charge in [-0.15, -0.1) is 0 Å². The zero-order valence-electron chi connectivity index (χ0n) is 10.6. The minimum Gasteiger partial charge on any atom is -0.310 e. The Labute approximate surface area is 117 Å². The highest BCUT2D eigenvalue weighted by molar-refractivity contribution is 9.10. The quantitative estimate of drug-likeness (QED) is 0.750. The molecule has 1 atom stereocenters. The van der Waals surface area contributed by atoms with E-state index in [1.807, 2.05) is 18.2 Å². The predicted molar refractivity (Wildman–Crippen MR) is 78.0 cm³/mol. The molecule has 0 spiro atoms. The molecule has 4 nitrogen and oxygen atoms in total. The topological polar surface area (TPSA) is 58.2 Å². The maximum absolute atomic E-state index is 10.9. The van der Waals surface area contributed by atoms with Crippen molar-refractivity contribution in [2.75, 3.05) is 19.3 Å². The minimum atomic E-state index is -3.07. The van der Waals surface area contributed by atoms with Gasteiger partial charge >= 0.3 is 0 Å². The molecule has 6 heteroatoms. The van der Waals surface area contributed by atoms with Crippen molar-refractivity contribution in [2.45, 2.75) is 19.4 Å². The summed E-state index contributed by atoms with van der Waals surface area (Å²) in [7, 11) is -3.07. The lowest BCUT2D eigenvalue weighted by Gasteiger charge is -2.15. The maximum atomic E-state index is 10.9. The van der Waals surface area contributed by atoms with Crippen LogP contribution >= 0.6 is 15.9 Å². The molecule has 18 heavy (non-hydrogen) atoms. The second kappa shape index (κ2) is 7.23. The zero-order chi connectivity index (χ0) is 13.6. The summed E-state index contributed by atoms with van der Waals surface area (Å²) in [5.74, 6) is 0. The minimum absolute atomic E-state index is 0.235. The molecule has 0 aliphatic rings. The second-order valence-corrected chi connectivity index (χ2v) is 6.90. The molecule has 0 bridgehead atoms. The van der Waals surface area contributed by atoms with Crippen LogP contribution in [0.2, 0.25) is 0 Å². The van der Waals surface area contributed by atoms with Gasteiger partial charge in [0, 0.05) is 17.1 Å². The molecule has 0 radical (unpaired) electrons. The highest BCUT2D eigenvalue weighted by Crippen LogP contribution is 2.22. The Morgan fingerprint density at radius 2 is 1.94 bits per heavy atom. The lowest BCUT2D eigenvalue weighted by Crippen LogP contribution is -2.27. The van der Waals surface area contributed by atoms with Crippen LogP contribution in [-0.4, -0.2) is 27.8 Å². The molecule has 0 saturated carbocycles. The van der Waals surface area contributed by atoms with E-state index in [-0.39, 0.29) is 6.04 Å². The molecule has 0 aromatic heterocycles. The second-order valence-electron chi connectivity index (χ2n) is 4.22. The summed E-state index contributed by atoms with van der Waals surface area (Å²) in [5.41, 5.74) is 1.20. The summed E-state index contributed by atoms with van der Waals surface area (Å²) in [6.07, 6.45) is 1.94. The summed E-state index contributed by atoms with van der Waals surface area (Å²) in [6, 6.07) is 8.30. The van der Waals surface area contributed by atoms with Crippen LogP contribution in [0.25, 0.3) is 0 Å². The highest BCUT2D eigenvalue weighted by atomic mass is 79.9. The molecular weight excluding hydrogens is 316 g/mol. The maximum Gasteiger partial charge on any atom is 0.208 e. The van der Waals surface area contributed by atoms with Crippen molar-refractivity contribution in [1.82, 2.24) is 10.0 Å². The van der Waals surface area contributed by atoms with E-state index in [9.17, 15) is 8.42 Å². The molecule has 1 rings (SSSR count). The molecule has 1 aromatic rings. The van der Waals surface area contributed by atoms with Crippen molar-refractivity contribution in [3.8, 4) is 0 Å². The fraction of sp³-hybridized carbons (Fsp3) is 0.500. The van der Waals surface area contributed by atoms with Crippen molar-refractivity contribution >= 4 is 26.0 Å². The number of hydrogen-bond donors (Lipinski definition) is 2. The van der Waals surface area contributed by atoms with Gasteiger partial charge in [0.2, 0.25) is 10.0 Å². The Morgan fingerprint density at radius 1 is 1.28 bits per heavy atom. The number of rotatable bonds is 7. The van der Waals surface area contributed by atoms with Crippen molar-refractivity contribution in [1.29, 1.82) is 0 Å². The van der Waals surface area contributed by atoms with Gasteiger partial charge in [-0.3, -0.25) is 0 Å². The van der Waals surface area contributed by atoms with Crippen LogP contribution in [0.3, 0.4) is 0 Å². The molecule has 0 saturated heterocycles. The van der Waals surface area contributed by atoms with Crippen LogP contribution in [0.1, 0.15) is 24.9 Å². The standard InChI is InChI=1S/C12H19BrN2O2S/c1-10(11-6-3-4-7-12(11)13)14-8-5-9-15-18(2,16)17/h3-4,6-7,10,14-15H,5,8-9H2,1-2H3/t10-/m1/s1. The van der Waals surface area contributed by atoms with Crippen molar-refractivity contribution < 1.29 is 8.42 Å². The van der Waals surface area contributed by atoms with Gasteiger partial charge in [-0.2, -0.15) is 0 Å². The Morgan fingerprint density at radius 3 is 2.56 bits per heavy atom. The number of hydrogen-bond acceptors (Lipinski definition) is 3. The van der Waals surface area contributed by atoms with Crippen LogP contribution in [0.5, 0.6) is 0 Å². The number of halogens is 1. The third kappa shape index (κ3) is 5.95. The number of nitrogens with one attached hydrogen (secondary N) is 2. The fourth-order valence-electron chi connectivity index (χ4n) is 1.60. The zero-order valence-corrected chi connectivity index (χ0v) is 13.0. The third-order valence-corrected chi connectivity index (χ3v) is 3.99. The molecule has 102 valence electrons. The molecule has 0 heterocycles. The van der Waals surface area contributed by atoms with E-state index in [1.165, 1.54) is 11.8 Å². The van der Waals surface area contributed by atoms with Gasteiger partial charge in [-0.25, -0.2) is 13.1 Å². The van der Waals surface area contributed by atoms with Gasteiger partial charge in [-0.1, -0.05) is 34.1 Å². The lowest BCUT2D eigenvalue weighted by atomic mass is 10.1. The summed E-state index contributed by atoms with van der Waals surface area (Å²) in [6.45, 7) is 3.32. The number of sulfonamides is 1. The molecule has 2 N–H and O–H groups in total. The van der Waals surface area contributed by atoms with Crippen LogP contribution in [0.4, 0.5) is 0 Å². The molecule has 0 unspecified atom stereocenters. The van der Waals surface area contributed by atoms with E-state index in [0.29, 0.717) is 6.54 Å². The average Bonchev–Trinajstić information content (AvgIpc) is 2.27.